The number of ether oxygens (including phenoxy) is 1. The van der Waals surface area contributed by atoms with E-state index >= 15 is 0 Å². The zero-order valence-electron chi connectivity index (χ0n) is 10.6. The Balaban J connectivity index is 1.47. The first-order valence-electron chi connectivity index (χ1n) is 7.20. The van der Waals surface area contributed by atoms with Crippen LogP contribution >= 0.6 is 39.5 Å². The smallest absolute Gasteiger partial charge is 0.312 e. The molecule has 6 aliphatic carbocycles. The molecule has 0 aromatic rings. The average Bonchev–Trinajstić information content (AvgIpc) is 2.86. The Labute approximate surface area is 129 Å². The van der Waals surface area contributed by atoms with Crippen LogP contribution in [-0.2, 0) is 9.53 Å². The number of methoxy groups -OCH3 is 1. The minimum absolute atomic E-state index is 0.00156. The lowest BCUT2D eigenvalue weighted by Gasteiger charge is -3.00. The summed E-state index contributed by atoms with van der Waals surface area (Å²) in [5, 5.41) is 0. The molecule has 1 spiro atoms. The third kappa shape index (κ3) is 0.705. The topological polar surface area (TPSA) is 26.3 Å². The molecule has 7 fully saturated rings. The largest absolute Gasteiger partial charge is 0.469 e. The van der Waals surface area contributed by atoms with E-state index in [4.69, 9.17) is 4.74 Å². The molecule has 7 aliphatic rings. The minimum Gasteiger partial charge on any atom is -0.469 e. The number of alkyl halides is 1. The van der Waals surface area contributed by atoms with Crippen LogP contribution in [0.1, 0.15) is 6.42 Å². The summed E-state index contributed by atoms with van der Waals surface area (Å²) in [5.41, 5.74) is 0.00156. The van der Waals surface area contributed by atoms with E-state index in [0.29, 0.717) is 26.2 Å². The summed E-state index contributed by atoms with van der Waals surface area (Å²) in [5.74, 6) is 7.11. The van der Waals surface area contributed by atoms with Crippen molar-refractivity contribution in [2.24, 2.45) is 40.9 Å². The number of carbonyl (C=O) groups is 1. The highest BCUT2D eigenvalue weighted by atomic mass is 79.9. The van der Waals surface area contributed by atoms with Crippen molar-refractivity contribution in [1.82, 2.24) is 0 Å². The molecule has 19 heavy (non-hydrogen) atoms. The zero-order valence-corrected chi connectivity index (χ0v) is 13.8. The Bertz CT molecular complexity index is 524. The maximum absolute atomic E-state index is 12.2. The van der Waals surface area contributed by atoms with Gasteiger partial charge < -0.3 is 4.74 Å². The van der Waals surface area contributed by atoms with Crippen LogP contribution in [0.4, 0.5) is 0 Å². The molecule has 8 atom stereocenters. The van der Waals surface area contributed by atoms with Gasteiger partial charge in [-0.3, -0.25) is 4.79 Å². The molecule has 0 aromatic heterocycles. The predicted molar refractivity (Wildman–Crippen MR) is 79.3 cm³/mol. The molecule has 0 N–H and O–H groups in total. The van der Waals surface area contributed by atoms with Crippen LogP contribution in [0.5, 0.6) is 0 Å². The Morgan fingerprint density at radius 3 is 2.37 bits per heavy atom. The fourth-order valence-electron chi connectivity index (χ4n) is 7.39. The molecule has 1 heterocycles. The van der Waals surface area contributed by atoms with Crippen LogP contribution in [0.3, 0.4) is 0 Å². The molecule has 1 saturated heterocycles. The molecule has 5 heteroatoms. The molecule has 4 unspecified atom stereocenters. The van der Waals surface area contributed by atoms with E-state index in [0.717, 1.165) is 17.8 Å². The van der Waals surface area contributed by atoms with Gasteiger partial charge in [-0.1, -0.05) is 15.9 Å². The van der Waals surface area contributed by atoms with Gasteiger partial charge in [-0.25, -0.2) is 0 Å². The van der Waals surface area contributed by atoms with Gasteiger partial charge >= 0.3 is 5.97 Å². The first-order valence-corrected chi connectivity index (χ1v) is 9.96. The molecule has 2 nitrogen and oxygen atoms in total. The summed E-state index contributed by atoms with van der Waals surface area (Å²) in [6, 6.07) is 0. The molecule has 0 aromatic carbocycles. The highest BCUT2D eigenvalue weighted by molar-refractivity contribution is 9.10. The lowest BCUT2D eigenvalue weighted by Crippen LogP contribution is -3.04. The standard InChI is InChI=1S/C14H15BrO2S2/c1-17-11(16)13-6-5-4-12(18-2-3-19-12)14(15)9(6)8(13)10(14)7(5)13/h5-10H,2-4H2,1H3/t5?,6-,7+,8?,9+,10-,13?,14?. The number of rotatable bonds is 1. The van der Waals surface area contributed by atoms with Crippen molar-refractivity contribution in [2.75, 3.05) is 18.6 Å². The highest BCUT2D eigenvalue weighted by Crippen LogP contribution is 3.02. The zero-order chi connectivity index (χ0) is 12.8. The van der Waals surface area contributed by atoms with Crippen LogP contribution in [0.2, 0.25) is 0 Å². The van der Waals surface area contributed by atoms with Crippen molar-refractivity contribution in [3.8, 4) is 0 Å². The number of esters is 1. The maximum Gasteiger partial charge on any atom is 0.312 e. The number of hydrogen-bond acceptors (Lipinski definition) is 4. The summed E-state index contributed by atoms with van der Waals surface area (Å²) < 4.78 is 5.94. The molecule has 6 saturated carbocycles. The van der Waals surface area contributed by atoms with Crippen LogP contribution < -0.4 is 0 Å². The summed E-state index contributed by atoms with van der Waals surface area (Å²) in [7, 11) is 1.57. The molecule has 0 radical (unpaired) electrons. The second kappa shape index (κ2) is 2.79. The van der Waals surface area contributed by atoms with Gasteiger partial charge in [0, 0.05) is 11.5 Å². The fourth-order valence-corrected chi connectivity index (χ4v) is 13.1. The predicted octanol–water partition coefficient (Wildman–Crippen LogP) is 2.61. The van der Waals surface area contributed by atoms with Gasteiger partial charge in [0.25, 0.3) is 0 Å². The van der Waals surface area contributed by atoms with E-state index in [9.17, 15) is 4.79 Å². The number of halogens is 1. The van der Waals surface area contributed by atoms with Crippen molar-refractivity contribution in [3.63, 3.8) is 0 Å². The van der Waals surface area contributed by atoms with Gasteiger partial charge in [0.2, 0.25) is 0 Å². The van der Waals surface area contributed by atoms with Gasteiger partial charge in [-0.2, -0.15) is 0 Å². The number of hydrogen-bond donors (Lipinski definition) is 0. The lowest BCUT2D eigenvalue weighted by atomic mass is 9.06. The molecule has 0 amide bonds. The second-order valence-corrected chi connectivity index (χ2v) is 11.5. The second-order valence-electron chi connectivity index (χ2n) is 7.14. The molecule has 2 bridgehead atoms. The van der Waals surface area contributed by atoms with Crippen LogP contribution in [-0.4, -0.2) is 33.0 Å². The third-order valence-electron chi connectivity index (χ3n) is 7.48. The van der Waals surface area contributed by atoms with Crippen molar-refractivity contribution in [1.29, 1.82) is 0 Å². The van der Waals surface area contributed by atoms with Gasteiger partial charge in [-0.05, 0) is 41.9 Å². The van der Waals surface area contributed by atoms with E-state index in [1.165, 1.54) is 17.9 Å². The van der Waals surface area contributed by atoms with Crippen molar-refractivity contribution < 1.29 is 9.53 Å². The van der Waals surface area contributed by atoms with E-state index in [2.05, 4.69) is 39.5 Å². The Kier molecular flexibility index (Phi) is 1.65. The lowest BCUT2D eigenvalue weighted by molar-refractivity contribution is -0.487. The molecule has 102 valence electrons. The summed E-state index contributed by atoms with van der Waals surface area (Å²) >= 11 is 8.64. The van der Waals surface area contributed by atoms with E-state index in [-0.39, 0.29) is 11.4 Å². The van der Waals surface area contributed by atoms with Crippen LogP contribution in [0.25, 0.3) is 0 Å². The van der Waals surface area contributed by atoms with E-state index < -0.39 is 0 Å². The minimum atomic E-state index is 0.00156. The summed E-state index contributed by atoms with van der Waals surface area (Å²) in [6.07, 6.45) is 1.33. The monoisotopic (exact) mass is 358 g/mol. The van der Waals surface area contributed by atoms with E-state index in [1.807, 2.05) is 0 Å². The SMILES string of the molecule is COC(=O)C12C3[C@@H]4[C@H]1C1CC5(SCCS5)C4(Br)[C@@H]3[C@H]12. The van der Waals surface area contributed by atoms with E-state index in [1.54, 1.807) is 7.11 Å². The highest BCUT2D eigenvalue weighted by Gasteiger charge is 3.04. The normalized spacial score (nSPS) is 67.5. The molecule has 7 rings (SSSR count). The Morgan fingerprint density at radius 2 is 1.79 bits per heavy atom. The van der Waals surface area contributed by atoms with Crippen LogP contribution in [0.15, 0.2) is 0 Å². The van der Waals surface area contributed by atoms with Crippen molar-refractivity contribution in [2.45, 2.75) is 14.8 Å². The molecular formula is C14H15BrO2S2. The first kappa shape index (κ1) is 11.2. The van der Waals surface area contributed by atoms with Gasteiger partial charge in [-0.15, -0.1) is 23.5 Å². The van der Waals surface area contributed by atoms with Gasteiger partial charge in [0.15, 0.2) is 0 Å². The first-order chi connectivity index (χ1) is 9.14. The Hall–Kier alpha value is 0.650. The third-order valence-corrected chi connectivity index (χ3v) is 13.5. The fraction of sp³-hybridized carbons (Fsp3) is 0.929. The number of carbonyl (C=O) groups excluding carboxylic acids is 1. The average molecular weight is 359 g/mol. The summed E-state index contributed by atoms with van der Waals surface area (Å²) in [6.45, 7) is 0. The van der Waals surface area contributed by atoms with Crippen molar-refractivity contribution in [3.05, 3.63) is 0 Å². The van der Waals surface area contributed by atoms with Gasteiger partial charge in [0.1, 0.15) is 0 Å². The number of thioether (sulfide) groups is 2. The quantitative estimate of drug-likeness (QED) is 0.531. The molecular weight excluding hydrogens is 344 g/mol. The van der Waals surface area contributed by atoms with Crippen molar-refractivity contribution >= 4 is 45.4 Å². The maximum atomic E-state index is 12.2. The van der Waals surface area contributed by atoms with Gasteiger partial charge in [0.05, 0.1) is 20.9 Å². The Morgan fingerprint density at radius 1 is 1.16 bits per heavy atom. The summed E-state index contributed by atoms with van der Waals surface area (Å²) in [4.78, 5) is 12.2. The molecule has 1 aliphatic heterocycles. The van der Waals surface area contributed by atoms with Crippen LogP contribution in [0, 0.1) is 40.9 Å².